The van der Waals surface area contributed by atoms with Gasteiger partial charge in [0.1, 0.15) is 0 Å². The van der Waals surface area contributed by atoms with Crippen LogP contribution in [-0.2, 0) is 27.2 Å². The second-order valence-electron chi connectivity index (χ2n) is 1.92. The van der Waals surface area contributed by atoms with Crippen molar-refractivity contribution in [3.05, 3.63) is 0 Å². The molecule has 0 heterocycles. The van der Waals surface area contributed by atoms with Crippen LogP contribution in [0.2, 0.25) is 0 Å². The van der Waals surface area contributed by atoms with Gasteiger partial charge in [-0.2, -0.15) is 8.42 Å². The van der Waals surface area contributed by atoms with Gasteiger partial charge in [-0.05, 0) is 13.8 Å². The van der Waals surface area contributed by atoms with E-state index >= 15 is 0 Å². The standard InChI is InChI=1S/C3H8O4S.Cu/c1-3(2,4)8(5,6)7;/h4H,1-2H3,(H,5,6,7);. The molecule has 0 fully saturated rings. The van der Waals surface area contributed by atoms with Crippen LogP contribution in [0.25, 0.3) is 0 Å². The third-order valence-electron chi connectivity index (χ3n) is 0.631. The largest absolute Gasteiger partial charge is 0.373 e. The summed E-state index contributed by atoms with van der Waals surface area (Å²) in [5, 5.41) is 8.52. The first-order chi connectivity index (χ1) is 3.25. The molecular formula is C3H8CuO4S. The summed E-state index contributed by atoms with van der Waals surface area (Å²) in [6.45, 7) is 1.98. The van der Waals surface area contributed by atoms with Crippen molar-refractivity contribution in [3.63, 3.8) is 0 Å². The van der Waals surface area contributed by atoms with Crippen molar-refractivity contribution < 1.29 is 35.1 Å². The zero-order valence-corrected chi connectivity index (χ0v) is 6.68. The van der Waals surface area contributed by atoms with Crippen molar-refractivity contribution in [2.45, 2.75) is 18.8 Å². The summed E-state index contributed by atoms with van der Waals surface area (Å²) >= 11 is 0. The zero-order valence-electron chi connectivity index (χ0n) is 4.92. The van der Waals surface area contributed by atoms with Crippen molar-refractivity contribution in [1.29, 1.82) is 0 Å². The molecule has 9 heavy (non-hydrogen) atoms. The van der Waals surface area contributed by atoms with Crippen molar-refractivity contribution >= 4 is 10.1 Å². The maximum Gasteiger partial charge on any atom is 0.294 e. The second-order valence-corrected chi connectivity index (χ2v) is 3.87. The summed E-state index contributed by atoms with van der Waals surface area (Å²) in [7, 11) is -4.28. The van der Waals surface area contributed by atoms with E-state index in [0.717, 1.165) is 13.8 Å². The summed E-state index contributed by atoms with van der Waals surface area (Å²) in [6.07, 6.45) is 0. The molecule has 0 unspecified atom stereocenters. The van der Waals surface area contributed by atoms with E-state index in [1.165, 1.54) is 0 Å². The normalized spacial score (nSPS) is 12.4. The number of aliphatic hydroxyl groups is 1. The predicted molar refractivity (Wildman–Crippen MR) is 27.8 cm³/mol. The van der Waals surface area contributed by atoms with Crippen LogP contribution in [0.4, 0.5) is 0 Å². The first-order valence-electron chi connectivity index (χ1n) is 1.94. The van der Waals surface area contributed by atoms with Gasteiger partial charge in [-0.3, -0.25) is 4.55 Å². The molecule has 6 heteroatoms. The Morgan fingerprint density at radius 2 is 1.44 bits per heavy atom. The molecule has 0 aromatic carbocycles. The molecule has 0 aliphatic carbocycles. The quantitative estimate of drug-likeness (QED) is 0.449. The molecule has 0 aromatic heterocycles. The fraction of sp³-hybridized carbons (Fsp3) is 1.00. The van der Waals surface area contributed by atoms with Crippen molar-refractivity contribution in [1.82, 2.24) is 0 Å². The molecule has 0 aromatic rings. The monoisotopic (exact) mass is 203 g/mol. The van der Waals surface area contributed by atoms with Gasteiger partial charge < -0.3 is 5.11 Å². The van der Waals surface area contributed by atoms with E-state index < -0.39 is 15.1 Å². The molecule has 1 radical (unpaired) electrons. The first-order valence-corrected chi connectivity index (χ1v) is 3.38. The Morgan fingerprint density at radius 3 is 1.44 bits per heavy atom. The Bertz CT molecular complexity index is 165. The van der Waals surface area contributed by atoms with Gasteiger partial charge in [-0.1, -0.05) is 0 Å². The summed E-state index contributed by atoms with van der Waals surface area (Å²) in [5.74, 6) is 0. The van der Waals surface area contributed by atoms with Crippen molar-refractivity contribution in [3.8, 4) is 0 Å². The SMILES string of the molecule is CC(C)(O)S(=O)(=O)O.[Cu]. The maximum absolute atomic E-state index is 9.96. The van der Waals surface area contributed by atoms with Gasteiger partial charge in [0.25, 0.3) is 10.1 Å². The maximum atomic E-state index is 9.96. The molecule has 0 saturated carbocycles. The molecule has 2 N–H and O–H groups in total. The Balaban J connectivity index is 0. The summed E-state index contributed by atoms with van der Waals surface area (Å²) in [4.78, 5) is -2.03. The van der Waals surface area contributed by atoms with E-state index in [4.69, 9.17) is 9.66 Å². The minimum absolute atomic E-state index is 0. The van der Waals surface area contributed by atoms with Gasteiger partial charge in [0.15, 0.2) is 4.93 Å². The second kappa shape index (κ2) is 2.98. The molecular weight excluding hydrogens is 196 g/mol. The van der Waals surface area contributed by atoms with Gasteiger partial charge in [-0.25, -0.2) is 0 Å². The van der Waals surface area contributed by atoms with Gasteiger partial charge in [0, 0.05) is 17.1 Å². The third kappa shape index (κ3) is 3.88. The van der Waals surface area contributed by atoms with E-state index in [-0.39, 0.29) is 17.1 Å². The predicted octanol–water partition coefficient (Wildman–Crippen LogP) is -0.400. The molecule has 0 rings (SSSR count). The number of rotatable bonds is 1. The van der Waals surface area contributed by atoms with Gasteiger partial charge in [0.05, 0.1) is 0 Å². The van der Waals surface area contributed by atoms with Crippen LogP contribution in [0.5, 0.6) is 0 Å². The van der Waals surface area contributed by atoms with Gasteiger partial charge >= 0.3 is 0 Å². The zero-order chi connectivity index (χ0) is 7.00. The summed E-state index contributed by atoms with van der Waals surface area (Å²) in [6, 6.07) is 0. The number of hydrogen-bond donors (Lipinski definition) is 2. The van der Waals surface area contributed by atoms with Crippen LogP contribution >= 0.6 is 0 Å². The van der Waals surface area contributed by atoms with E-state index in [9.17, 15) is 8.42 Å². The number of hydrogen-bond acceptors (Lipinski definition) is 3. The minimum atomic E-state index is -4.28. The van der Waals surface area contributed by atoms with Crippen LogP contribution in [0.15, 0.2) is 0 Å². The Hall–Kier alpha value is 0.389. The minimum Gasteiger partial charge on any atom is -0.373 e. The fourth-order valence-corrected chi connectivity index (χ4v) is 0. The molecule has 0 saturated heterocycles. The van der Waals surface area contributed by atoms with Gasteiger partial charge in [-0.15, -0.1) is 0 Å². The topological polar surface area (TPSA) is 74.6 Å². The van der Waals surface area contributed by atoms with E-state index in [1.807, 2.05) is 0 Å². The smallest absolute Gasteiger partial charge is 0.294 e. The van der Waals surface area contributed by atoms with Crippen LogP contribution < -0.4 is 0 Å². The van der Waals surface area contributed by atoms with Crippen LogP contribution in [0.3, 0.4) is 0 Å². The summed E-state index contributed by atoms with van der Waals surface area (Å²) < 4.78 is 28.0. The molecule has 0 atom stereocenters. The van der Waals surface area contributed by atoms with E-state index in [0.29, 0.717) is 0 Å². The first kappa shape index (κ1) is 12.1. The molecule has 0 amide bonds. The Labute approximate surface area is 64.5 Å². The van der Waals surface area contributed by atoms with Crippen molar-refractivity contribution in [2.24, 2.45) is 0 Å². The average Bonchev–Trinajstić information content (AvgIpc) is 1.25. The van der Waals surface area contributed by atoms with Crippen LogP contribution in [-0.4, -0.2) is 23.0 Å². The summed E-state index contributed by atoms with van der Waals surface area (Å²) in [5.41, 5.74) is 0. The molecule has 0 aliphatic heterocycles. The third-order valence-corrected chi connectivity index (χ3v) is 1.89. The van der Waals surface area contributed by atoms with E-state index in [1.54, 1.807) is 0 Å². The van der Waals surface area contributed by atoms with E-state index in [2.05, 4.69) is 0 Å². The Morgan fingerprint density at radius 1 is 1.33 bits per heavy atom. The van der Waals surface area contributed by atoms with Crippen molar-refractivity contribution in [2.75, 3.05) is 0 Å². The molecule has 0 aliphatic rings. The molecule has 0 bridgehead atoms. The Kier molecular flexibility index (Phi) is 4.01. The molecule has 0 spiro atoms. The van der Waals surface area contributed by atoms with Crippen LogP contribution in [0, 0.1) is 0 Å². The van der Waals surface area contributed by atoms with Gasteiger partial charge in [0.2, 0.25) is 0 Å². The fourth-order valence-electron chi connectivity index (χ4n) is 0. The average molecular weight is 204 g/mol. The molecule has 4 nitrogen and oxygen atoms in total. The molecule has 61 valence electrons. The van der Waals surface area contributed by atoms with Crippen LogP contribution in [0.1, 0.15) is 13.8 Å².